The van der Waals surface area contributed by atoms with Crippen molar-refractivity contribution in [3.05, 3.63) is 0 Å². The summed E-state index contributed by atoms with van der Waals surface area (Å²) in [6, 6.07) is 0. The van der Waals surface area contributed by atoms with Crippen molar-refractivity contribution >= 4 is 11.6 Å². The molecule has 0 amide bonds. The number of Topliss-reactive ketones (excluding diaryl/α,β-unsaturated/α-hetero) is 2. The van der Waals surface area contributed by atoms with E-state index in [1.54, 1.807) is 0 Å². The molecule has 0 aliphatic heterocycles. The second-order valence-electron chi connectivity index (χ2n) is 8.11. The van der Waals surface area contributed by atoms with E-state index in [2.05, 4.69) is 0 Å². The molecule has 4 aliphatic rings. The molecule has 0 aromatic carbocycles. The summed E-state index contributed by atoms with van der Waals surface area (Å²) in [5.41, 5.74) is -0.764. The van der Waals surface area contributed by atoms with Crippen LogP contribution in [0.2, 0.25) is 0 Å². The molecule has 4 saturated carbocycles. The van der Waals surface area contributed by atoms with Gasteiger partial charge >= 0.3 is 0 Å². The smallest absolute Gasteiger partial charge is 0.205 e. The summed E-state index contributed by atoms with van der Waals surface area (Å²) in [6.45, 7) is 5.61. The second kappa shape index (κ2) is 3.68. The van der Waals surface area contributed by atoms with Crippen LogP contribution in [0.4, 0.5) is 0 Å². The molecule has 0 saturated heterocycles. The molecule has 0 aromatic rings. The van der Waals surface area contributed by atoms with Crippen LogP contribution in [0, 0.1) is 28.6 Å². The third-order valence-electron chi connectivity index (χ3n) is 5.41. The van der Waals surface area contributed by atoms with Crippen molar-refractivity contribution in [1.29, 1.82) is 0 Å². The number of ketones is 2. The standard InChI is InChI=1S/C16H24O2/c1-15(2,3)13(17)14(18)16-7-10-4-11(8-16)6-12(5-10)9-16/h10-12H,4-9H2,1-3H3. The minimum Gasteiger partial charge on any atom is -0.290 e. The summed E-state index contributed by atoms with van der Waals surface area (Å²) >= 11 is 0. The van der Waals surface area contributed by atoms with Gasteiger partial charge in [-0.1, -0.05) is 20.8 Å². The Kier molecular flexibility index (Phi) is 2.53. The maximum atomic E-state index is 12.7. The summed E-state index contributed by atoms with van der Waals surface area (Å²) in [4.78, 5) is 25.0. The van der Waals surface area contributed by atoms with Crippen molar-refractivity contribution in [1.82, 2.24) is 0 Å². The highest BCUT2D eigenvalue weighted by molar-refractivity contribution is 6.40. The van der Waals surface area contributed by atoms with Crippen LogP contribution in [-0.2, 0) is 9.59 Å². The van der Waals surface area contributed by atoms with Crippen molar-refractivity contribution in [3.63, 3.8) is 0 Å². The first kappa shape index (κ1) is 12.4. The topological polar surface area (TPSA) is 34.1 Å². The van der Waals surface area contributed by atoms with Gasteiger partial charge in [0.05, 0.1) is 0 Å². The van der Waals surface area contributed by atoms with Gasteiger partial charge in [0.1, 0.15) is 0 Å². The Morgan fingerprint density at radius 3 is 1.61 bits per heavy atom. The molecule has 4 bridgehead atoms. The van der Waals surface area contributed by atoms with Gasteiger partial charge in [0, 0.05) is 10.8 Å². The van der Waals surface area contributed by atoms with Crippen LogP contribution in [0.3, 0.4) is 0 Å². The normalized spacial score (nSPS) is 42.1. The lowest BCUT2D eigenvalue weighted by Crippen LogP contribution is -2.53. The molecule has 0 spiro atoms. The van der Waals surface area contributed by atoms with Crippen molar-refractivity contribution in [3.8, 4) is 0 Å². The Bertz CT molecular complexity index is 365. The predicted molar refractivity (Wildman–Crippen MR) is 70.1 cm³/mol. The zero-order chi connectivity index (χ0) is 13.1. The average Bonchev–Trinajstić information content (AvgIpc) is 2.23. The molecule has 0 atom stereocenters. The molecule has 4 fully saturated rings. The van der Waals surface area contributed by atoms with Gasteiger partial charge in [0.2, 0.25) is 11.6 Å². The molecule has 0 radical (unpaired) electrons. The first-order chi connectivity index (χ1) is 8.30. The van der Waals surface area contributed by atoms with Gasteiger partial charge in [-0.2, -0.15) is 0 Å². The monoisotopic (exact) mass is 248 g/mol. The van der Waals surface area contributed by atoms with Crippen molar-refractivity contribution in [2.75, 3.05) is 0 Å². The summed E-state index contributed by atoms with van der Waals surface area (Å²) < 4.78 is 0. The average molecular weight is 248 g/mol. The summed E-state index contributed by atoms with van der Waals surface area (Å²) in [7, 11) is 0. The second-order valence-corrected chi connectivity index (χ2v) is 8.11. The lowest BCUT2D eigenvalue weighted by Gasteiger charge is -2.55. The van der Waals surface area contributed by atoms with E-state index in [1.807, 2.05) is 20.8 Å². The molecule has 0 heterocycles. The highest BCUT2D eigenvalue weighted by Crippen LogP contribution is 2.60. The van der Waals surface area contributed by atoms with Crippen molar-refractivity contribution in [2.45, 2.75) is 59.3 Å². The van der Waals surface area contributed by atoms with Crippen molar-refractivity contribution < 1.29 is 9.59 Å². The number of carbonyl (C=O) groups excluding carboxylic acids is 2. The van der Waals surface area contributed by atoms with E-state index in [1.165, 1.54) is 19.3 Å². The highest BCUT2D eigenvalue weighted by atomic mass is 16.2. The molecule has 2 heteroatoms. The largest absolute Gasteiger partial charge is 0.290 e. The molecule has 4 rings (SSSR count). The van der Waals surface area contributed by atoms with Crippen LogP contribution in [-0.4, -0.2) is 11.6 Å². The lowest BCUT2D eigenvalue weighted by atomic mass is 9.48. The zero-order valence-corrected chi connectivity index (χ0v) is 11.8. The molecular formula is C16H24O2. The van der Waals surface area contributed by atoms with Gasteiger partial charge in [0.15, 0.2) is 0 Å². The van der Waals surface area contributed by atoms with E-state index in [4.69, 9.17) is 0 Å². The Morgan fingerprint density at radius 1 is 0.889 bits per heavy atom. The number of carbonyl (C=O) groups is 2. The van der Waals surface area contributed by atoms with Crippen LogP contribution < -0.4 is 0 Å². The third kappa shape index (κ3) is 1.76. The molecule has 2 nitrogen and oxygen atoms in total. The molecule has 0 aromatic heterocycles. The van der Waals surface area contributed by atoms with Crippen molar-refractivity contribution in [2.24, 2.45) is 28.6 Å². The van der Waals surface area contributed by atoms with Crippen LogP contribution in [0.25, 0.3) is 0 Å². The fourth-order valence-corrected chi connectivity index (χ4v) is 4.97. The van der Waals surface area contributed by atoms with Gasteiger partial charge in [-0.25, -0.2) is 0 Å². The lowest BCUT2D eigenvalue weighted by molar-refractivity contribution is -0.156. The van der Waals surface area contributed by atoms with Gasteiger partial charge in [0.25, 0.3) is 0 Å². The number of hydrogen-bond acceptors (Lipinski definition) is 2. The molecule has 0 N–H and O–H groups in total. The first-order valence-electron chi connectivity index (χ1n) is 7.39. The summed E-state index contributed by atoms with van der Waals surface area (Å²) in [6.07, 6.45) is 6.95. The fourth-order valence-electron chi connectivity index (χ4n) is 4.97. The van der Waals surface area contributed by atoms with Crippen LogP contribution in [0.5, 0.6) is 0 Å². The first-order valence-corrected chi connectivity index (χ1v) is 7.39. The molecular weight excluding hydrogens is 224 g/mol. The van der Waals surface area contributed by atoms with Crippen LogP contribution in [0.1, 0.15) is 59.3 Å². The predicted octanol–water partition coefficient (Wildman–Crippen LogP) is 3.39. The molecule has 100 valence electrons. The van der Waals surface area contributed by atoms with Gasteiger partial charge in [-0.3, -0.25) is 9.59 Å². The number of hydrogen-bond donors (Lipinski definition) is 0. The summed E-state index contributed by atoms with van der Waals surface area (Å²) in [5, 5.41) is 0. The maximum absolute atomic E-state index is 12.7. The molecule has 0 unspecified atom stereocenters. The maximum Gasteiger partial charge on any atom is 0.205 e. The van der Waals surface area contributed by atoms with E-state index < -0.39 is 5.41 Å². The molecule has 4 aliphatic carbocycles. The Labute approximate surface area is 110 Å². The van der Waals surface area contributed by atoms with Crippen LogP contribution >= 0.6 is 0 Å². The Balaban J connectivity index is 1.87. The summed E-state index contributed by atoms with van der Waals surface area (Å²) in [5.74, 6) is 2.02. The molecule has 18 heavy (non-hydrogen) atoms. The van der Waals surface area contributed by atoms with E-state index in [0.29, 0.717) is 0 Å². The minimum absolute atomic E-state index is 0.0332. The van der Waals surface area contributed by atoms with Crippen LogP contribution in [0.15, 0.2) is 0 Å². The van der Waals surface area contributed by atoms with E-state index in [0.717, 1.165) is 37.0 Å². The zero-order valence-electron chi connectivity index (χ0n) is 11.8. The fraction of sp³-hybridized carbons (Fsp3) is 0.875. The highest BCUT2D eigenvalue weighted by Gasteiger charge is 2.56. The minimum atomic E-state index is -0.513. The Morgan fingerprint density at radius 2 is 1.28 bits per heavy atom. The van der Waals surface area contributed by atoms with Gasteiger partial charge in [-0.05, 0) is 56.3 Å². The SMILES string of the molecule is CC(C)(C)C(=O)C(=O)C12CC3CC(CC(C3)C1)C2. The third-order valence-corrected chi connectivity index (χ3v) is 5.41. The van der Waals surface area contributed by atoms with Gasteiger partial charge in [-0.15, -0.1) is 0 Å². The van der Waals surface area contributed by atoms with E-state index in [9.17, 15) is 9.59 Å². The van der Waals surface area contributed by atoms with E-state index >= 15 is 0 Å². The van der Waals surface area contributed by atoms with Gasteiger partial charge < -0.3 is 0 Å². The Hall–Kier alpha value is -0.660. The quantitative estimate of drug-likeness (QED) is 0.702. The number of rotatable bonds is 2. The van der Waals surface area contributed by atoms with E-state index in [-0.39, 0.29) is 17.0 Å².